The number of rotatable bonds is 2. The average Bonchev–Trinajstić information content (AvgIpc) is 2.63. The minimum Gasteiger partial charge on any atom is -0.325 e. The quantitative estimate of drug-likeness (QED) is 0.778. The van der Waals surface area contributed by atoms with Gasteiger partial charge in [-0.05, 0) is 38.8 Å². The first kappa shape index (κ1) is 13.0. The summed E-state index contributed by atoms with van der Waals surface area (Å²) in [4.78, 5) is 4.43. The van der Waals surface area contributed by atoms with Gasteiger partial charge >= 0.3 is 0 Å². The van der Waals surface area contributed by atoms with Gasteiger partial charge in [0.25, 0.3) is 0 Å². The fraction of sp³-hybridized carbons (Fsp3) is 0.500. The molecule has 0 N–H and O–H groups in total. The highest BCUT2D eigenvalue weighted by molar-refractivity contribution is 9.10. The molecular formula is C14H15BrF2N2. The van der Waals surface area contributed by atoms with Crippen molar-refractivity contribution in [2.45, 2.75) is 44.8 Å². The number of benzene rings is 1. The molecule has 0 bridgehead atoms. The average molecular weight is 329 g/mol. The highest BCUT2D eigenvalue weighted by Crippen LogP contribution is 2.41. The van der Waals surface area contributed by atoms with Crippen LogP contribution in [-0.2, 0) is 0 Å². The van der Waals surface area contributed by atoms with E-state index in [2.05, 4.69) is 20.9 Å². The lowest BCUT2D eigenvalue weighted by atomic mass is 9.83. The smallest absolute Gasteiger partial charge is 0.152 e. The molecule has 2 aromatic rings. The third kappa shape index (κ3) is 2.08. The van der Waals surface area contributed by atoms with E-state index >= 15 is 0 Å². The molecule has 2 nitrogen and oxygen atoms in total. The zero-order valence-corrected chi connectivity index (χ0v) is 12.4. The Morgan fingerprint density at radius 1 is 1.37 bits per heavy atom. The van der Waals surface area contributed by atoms with E-state index in [4.69, 9.17) is 0 Å². The molecule has 19 heavy (non-hydrogen) atoms. The van der Waals surface area contributed by atoms with Gasteiger partial charge in [0, 0.05) is 16.4 Å². The molecule has 1 aliphatic carbocycles. The maximum absolute atomic E-state index is 14.0. The number of aromatic nitrogens is 2. The summed E-state index contributed by atoms with van der Waals surface area (Å²) in [6.45, 7) is 4.07. The van der Waals surface area contributed by atoms with Crippen molar-refractivity contribution in [2.24, 2.45) is 0 Å². The summed E-state index contributed by atoms with van der Waals surface area (Å²) in [5, 5.41) is 0. The van der Waals surface area contributed by atoms with Crippen molar-refractivity contribution >= 4 is 27.0 Å². The van der Waals surface area contributed by atoms with Gasteiger partial charge in [-0.15, -0.1) is 0 Å². The Morgan fingerprint density at radius 3 is 2.63 bits per heavy atom. The van der Waals surface area contributed by atoms with E-state index in [-0.39, 0.29) is 17.8 Å². The number of fused-ring (bicyclic) bond motifs is 1. The first-order valence-corrected chi connectivity index (χ1v) is 7.27. The Hall–Kier alpha value is -0.970. The van der Waals surface area contributed by atoms with Crippen LogP contribution >= 0.6 is 15.9 Å². The van der Waals surface area contributed by atoms with Crippen LogP contribution in [-0.4, -0.2) is 15.7 Å². The highest BCUT2D eigenvalue weighted by atomic mass is 79.9. The van der Waals surface area contributed by atoms with E-state index in [1.807, 2.05) is 24.5 Å². The van der Waals surface area contributed by atoms with Gasteiger partial charge in [0.15, 0.2) is 5.82 Å². The summed E-state index contributed by atoms with van der Waals surface area (Å²) in [6.07, 6.45) is 0.263. The summed E-state index contributed by atoms with van der Waals surface area (Å²) in [6, 6.07) is 3.47. The zero-order valence-electron chi connectivity index (χ0n) is 10.8. The highest BCUT2D eigenvalue weighted by Gasteiger charge is 2.34. The van der Waals surface area contributed by atoms with Crippen molar-refractivity contribution in [3.05, 3.63) is 28.2 Å². The van der Waals surface area contributed by atoms with Crippen molar-refractivity contribution < 1.29 is 8.78 Å². The number of imidazole rings is 1. The second-order valence-electron chi connectivity index (χ2n) is 5.45. The molecular weight excluding hydrogens is 314 g/mol. The summed E-state index contributed by atoms with van der Waals surface area (Å²) < 4.78 is 29.8. The third-order valence-corrected chi connectivity index (χ3v) is 4.16. The Morgan fingerprint density at radius 2 is 2.05 bits per heavy atom. The van der Waals surface area contributed by atoms with Crippen molar-refractivity contribution in [3.8, 4) is 0 Å². The summed E-state index contributed by atoms with van der Waals surface area (Å²) >= 11 is 3.31. The van der Waals surface area contributed by atoms with E-state index in [1.54, 1.807) is 0 Å². The van der Waals surface area contributed by atoms with Crippen molar-refractivity contribution in [1.82, 2.24) is 9.55 Å². The zero-order chi connectivity index (χ0) is 13.7. The number of alkyl halides is 1. The van der Waals surface area contributed by atoms with Gasteiger partial charge in [-0.1, -0.05) is 15.9 Å². The van der Waals surface area contributed by atoms with Crippen LogP contribution in [0.1, 0.15) is 44.5 Å². The van der Waals surface area contributed by atoms with Crippen LogP contribution in [0, 0.1) is 5.82 Å². The molecule has 102 valence electrons. The molecule has 0 unspecified atom stereocenters. The molecule has 1 aliphatic rings. The Balaban J connectivity index is 2.21. The first-order valence-electron chi connectivity index (χ1n) is 6.48. The van der Waals surface area contributed by atoms with Gasteiger partial charge in [0.05, 0.1) is 5.52 Å². The maximum atomic E-state index is 14.0. The Labute approximate surface area is 118 Å². The molecule has 0 amide bonds. The van der Waals surface area contributed by atoms with E-state index in [9.17, 15) is 8.78 Å². The largest absolute Gasteiger partial charge is 0.325 e. The molecule has 0 aliphatic heterocycles. The standard InChI is InChI=1S/C14H15BrF2N2/c1-7(2)19-12-6-9(15)5-11(17)13(12)18-14(19)8-3-10(16)4-8/h5-8,10H,3-4H2,1-2H3. The molecule has 1 saturated carbocycles. The van der Waals surface area contributed by atoms with Gasteiger partial charge < -0.3 is 4.57 Å². The van der Waals surface area contributed by atoms with Crippen LogP contribution in [0.15, 0.2) is 16.6 Å². The second-order valence-corrected chi connectivity index (χ2v) is 6.37. The number of nitrogens with zero attached hydrogens (tertiary/aromatic N) is 2. The minimum atomic E-state index is -0.734. The third-order valence-electron chi connectivity index (χ3n) is 3.70. The SMILES string of the molecule is CC(C)n1c(C2CC(F)C2)nc2c(F)cc(Br)cc21. The lowest BCUT2D eigenvalue weighted by Gasteiger charge is -2.30. The summed E-state index contributed by atoms with van der Waals surface area (Å²) in [7, 11) is 0. The molecule has 1 fully saturated rings. The van der Waals surface area contributed by atoms with Gasteiger partial charge in [0.1, 0.15) is 17.5 Å². The number of halogens is 3. The molecule has 5 heteroatoms. The molecule has 0 spiro atoms. The molecule has 1 aromatic carbocycles. The molecule has 0 radical (unpaired) electrons. The van der Waals surface area contributed by atoms with E-state index < -0.39 is 6.17 Å². The van der Waals surface area contributed by atoms with Crippen LogP contribution < -0.4 is 0 Å². The van der Waals surface area contributed by atoms with Crippen molar-refractivity contribution in [3.63, 3.8) is 0 Å². The first-order chi connectivity index (χ1) is 8.97. The van der Waals surface area contributed by atoms with Crippen LogP contribution in [0.2, 0.25) is 0 Å². The predicted molar refractivity (Wildman–Crippen MR) is 74.6 cm³/mol. The normalized spacial score (nSPS) is 23.1. The molecule has 1 aromatic heterocycles. The van der Waals surface area contributed by atoms with Crippen molar-refractivity contribution in [1.29, 1.82) is 0 Å². The van der Waals surface area contributed by atoms with Crippen molar-refractivity contribution in [2.75, 3.05) is 0 Å². The molecule has 0 atom stereocenters. The van der Waals surface area contributed by atoms with Crippen LogP contribution in [0.3, 0.4) is 0 Å². The second kappa shape index (κ2) is 4.54. The lowest BCUT2D eigenvalue weighted by Crippen LogP contribution is -2.26. The van der Waals surface area contributed by atoms with Gasteiger partial charge in [-0.25, -0.2) is 13.8 Å². The van der Waals surface area contributed by atoms with Crippen LogP contribution in [0.4, 0.5) is 8.78 Å². The van der Waals surface area contributed by atoms with E-state index in [1.165, 1.54) is 6.07 Å². The van der Waals surface area contributed by atoms with Crippen LogP contribution in [0.25, 0.3) is 11.0 Å². The molecule has 3 rings (SSSR count). The van der Waals surface area contributed by atoms with Gasteiger partial charge in [-0.3, -0.25) is 0 Å². The topological polar surface area (TPSA) is 17.8 Å². The molecule has 1 heterocycles. The molecule has 0 saturated heterocycles. The number of hydrogen-bond donors (Lipinski definition) is 0. The number of hydrogen-bond acceptors (Lipinski definition) is 1. The Bertz CT molecular complexity index is 630. The minimum absolute atomic E-state index is 0.114. The van der Waals surface area contributed by atoms with Gasteiger partial charge in [0.2, 0.25) is 0 Å². The van der Waals surface area contributed by atoms with Crippen LogP contribution in [0.5, 0.6) is 0 Å². The maximum Gasteiger partial charge on any atom is 0.152 e. The monoisotopic (exact) mass is 328 g/mol. The fourth-order valence-corrected chi connectivity index (χ4v) is 3.15. The summed E-state index contributed by atoms with van der Waals surface area (Å²) in [5.74, 6) is 0.597. The fourth-order valence-electron chi connectivity index (χ4n) is 2.73. The lowest BCUT2D eigenvalue weighted by molar-refractivity contribution is 0.170. The predicted octanol–water partition coefficient (Wildman–Crippen LogP) is 4.73. The van der Waals surface area contributed by atoms with E-state index in [0.29, 0.717) is 22.8 Å². The Kier molecular flexibility index (Phi) is 3.12. The van der Waals surface area contributed by atoms with E-state index in [0.717, 1.165) is 11.3 Å². The summed E-state index contributed by atoms with van der Waals surface area (Å²) in [5.41, 5.74) is 1.16. The van der Waals surface area contributed by atoms with Gasteiger partial charge in [-0.2, -0.15) is 0 Å².